The van der Waals surface area contributed by atoms with Crippen molar-refractivity contribution >= 4 is 17.6 Å². The number of aliphatic carboxylic acids is 1. The number of unbranched alkanes of at least 4 members (excludes halogenated alkanes) is 2. The van der Waals surface area contributed by atoms with Crippen LogP contribution < -0.4 is 0 Å². The van der Waals surface area contributed by atoms with Gasteiger partial charge < -0.3 is 5.11 Å². The molecule has 1 unspecified atom stereocenters. The van der Waals surface area contributed by atoms with E-state index < -0.39 is 11.3 Å². The summed E-state index contributed by atoms with van der Waals surface area (Å²) >= 11 is 5.45. The predicted molar refractivity (Wildman–Crippen MR) is 41.4 cm³/mol. The van der Waals surface area contributed by atoms with Crippen LogP contribution in [0.1, 0.15) is 32.6 Å². The fourth-order valence-electron chi connectivity index (χ4n) is 0.697. The molecule has 0 aromatic rings. The van der Waals surface area contributed by atoms with Crippen molar-refractivity contribution in [3.63, 3.8) is 0 Å². The number of carboxylic acid groups (broad SMARTS) is 1. The van der Waals surface area contributed by atoms with Gasteiger partial charge in [-0.1, -0.05) is 26.2 Å². The van der Waals surface area contributed by atoms with Crippen LogP contribution in [0.4, 0.5) is 0 Å². The molecule has 60 valence electrons. The van der Waals surface area contributed by atoms with Crippen LogP contribution in [0, 0.1) is 0 Å². The summed E-state index contributed by atoms with van der Waals surface area (Å²) in [6.45, 7) is 2.07. The highest BCUT2D eigenvalue weighted by Gasteiger charge is 2.11. The Bertz CT molecular complexity index is 104. The van der Waals surface area contributed by atoms with Gasteiger partial charge in [0.05, 0.1) is 0 Å². The maximum Gasteiger partial charge on any atom is 0.321 e. The van der Waals surface area contributed by atoms with E-state index in [1.807, 2.05) is 0 Å². The highest BCUT2D eigenvalue weighted by atomic mass is 35.5. The van der Waals surface area contributed by atoms with Crippen LogP contribution in [0.2, 0.25) is 0 Å². The third-order valence-corrected chi connectivity index (χ3v) is 1.73. The van der Waals surface area contributed by atoms with Gasteiger partial charge in [-0.05, 0) is 6.42 Å². The number of hydrogen-bond acceptors (Lipinski definition) is 1. The van der Waals surface area contributed by atoms with E-state index in [4.69, 9.17) is 16.7 Å². The fraction of sp³-hybridized carbons (Fsp3) is 0.857. The molecule has 0 aliphatic heterocycles. The average molecular weight is 165 g/mol. The van der Waals surface area contributed by atoms with Gasteiger partial charge in [0, 0.05) is 0 Å². The third-order valence-electron chi connectivity index (χ3n) is 1.33. The third kappa shape index (κ3) is 4.62. The zero-order chi connectivity index (χ0) is 7.98. The van der Waals surface area contributed by atoms with E-state index >= 15 is 0 Å². The monoisotopic (exact) mass is 164 g/mol. The summed E-state index contributed by atoms with van der Waals surface area (Å²) in [5.74, 6) is -0.905. The van der Waals surface area contributed by atoms with E-state index in [0.29, 0.717) is 6.42 Å². The quantitative estimate of drug-likeness (QED) is 0.500. The van der Waals surface area contributed by atoms with Gasteiger partial charge in [-0.3, -0.25) is 4.79 Å². The molecule has 3 heteroatoms. The molecule has 0 fully saturated rings. The molecular weight excluding hydrogens is 152 g/mol. The second-order valence-electron chi connectivity index (χ2n) is 2.30. The first kappa shape index (κ1) is 9.76. The first-order chi connectivity index (χ1) is 4.68. The number of alkyl halides is 1. The molecular formula is C7H13ClO2. The average Bonchev–Trinajstić information content (AvgIpc) is 1.88. The van der Waals surface area contributed by atoms with Gasteiger partial charge in [0.1, 0.15) is 5.38 Å². The van der Waals surface area contributed by atoms with E-state index in [1.54, 1.807) is 0 Å². The smallest absolute Gasteiger partial charge is 0.321 e. The van der Waals surface area contributed by atoms with Crippen molar-refractivity contribution < 1.29 is 9.90 Å². The van der Waals surface area contributed by atoms with Gasteiger partial charge in [0.25, 0.3) is 0 Å². The summed E-state index contributed by atoms with van der Waals surface area (Å²) in [7, 11) is 0. The Balaban J connectivity index is 3.21. The van der Waals surface area contributed by atoms with Crippen LogP contribution in [0.5, 0.6) is 0 Å². The molecule has 0 aliphatic rings. The molecule has 0 aliphatic carbocycles. The summed E-state index contributed by atoms with van der Waals surface area (Å²) in [5, 5.41) is 7.66. The van der Waals surface area contributed by atoms with Crippen molar-refractivity contribution in [2.75, 3.05) is 0 Å². The topological polar surface area (TPSA) is 37.3 Å². The Morgan fingerprint density at radius 2 is 2.20 bits per heavy atom. The normalized spacial score (nSPS) is 13.0. The van der Waals surface area contributed by atoms with Gasteiger partial charge in [-0.25, -0.2) is 0 Å². The number of rotatable bonds is 5. The van der Waals surface area contributed by atoms with Crippen LogP contribution >= 0.6 is 11.6 Å². The van der Waals surface area contributed by atoms with Crippen molar-refractivity contribution in [1.29, 1.82) is 0 Å². The van der Waals surface area contributed by atoms with Crippen molar-refractivity contribution in [1.82, 2.24) is 0 Å². The first-order valence-corrected chi connectivity index (χ1v) is 3.99. The minimum Gasteiger partial charge on any atom is -0.480 e. The molecule has 0 heterocycles. The number of carboxylic acids is 1. The lowest BCUT2D eigenvalue weighted by Gasteiger charge is -2.01. The van der Waals surface area contributed by atoms with Crippen LogP contribution in [0.25, 0.3) is 0 Å². The van der Waals surface area contributed by atoms with Crippen LogP contribution in [-0.2, 0) is 4.79 Å². The summed E-state index contributed by atoms with van der Waals surface area (Å²) in [6, 6.07) is 0. The Morgan fingerprint density at radius 3 is 2.60 bits per heavy atom. The second-order valence-corrected chi connectivity index (χ2v) is 2.83. The van der Waals surface area contributed by atoms with E-state index in [2.05, 4.69) is 6.92 Å². The van der Waals surface area contributed by atoms with E-state index in [-0.39, 0.29) is 0 Å². The molecule has 2 nitrogen and oxygen atoms in total. The molecule has 0 amide bonds. The molecule has 1 N–H and O–H groups in total. The number of carbonyl (C=O) groups is 1. The zero-order valence-corrected chi connectivity index (χ0v) is 6.90. The lowest BCUT2D eigenvalue weighted by Crippen LogP contribution is -2.12. The molecule has 0 saturated heterocycles. The summed E-state index contributed by atoms with van der Waals surface area (Å²) in [5.41, 5.74) is 0. The highest BCUT2D eigenvalue weighted by Crippen LogP contribution is 2.08. The Hall–Kier alpha value is -0.240. The standard InChI is InChI=1S/C7H13ClO2/c1-2-3-4-5-6(8)7(9)10/h6H,2-5H2,1H3,(H,9,10). The maximum atomic E-state index is 10.2. The van der Waals surface area contributed by atoms with Crippen molar-refractivity contribution in [3.05, 3.63) is 0 Å². The van der Waals surface area contributed by atoms with Gasteiger partial charge in [-0.15, -0.1) is 11.6 Å². The van der Waals surface area contributed by atoms with Gasteiger partial charge in [-0.2, -0.15) is 0 Å². The maximum absolute atomic E-state index is 10.2. The van der Waals surface area contributed by atoms with Gasteiger partial charge >= 0.3 is 5.97 Å². The van der Waals surface area contributed by atoms with E-state index in [9.17, 15) is 4.79 Å². The molecule has 10 heavy (non-hydrogen) atoms. The molecule has 0 bridgehead atoms. The minimum atomic E-state index is -0.905. The molecule has 0 aromatic heterocycles. The predicted octanol–water partition coefficient (Wildman–Crippen LogP) is 2.26. The minimum absolute atomic E-state index is 0.588. The van der Waals surface area contributed by atoms with Crippen molar-refractivity contribution in [2.24, 2.45) is 0 Å². The van der Waals surface area contributed by atoms with Crippen LogP contribution in [0.3, 0.4) is 0 Å². The summed E-state index contributed by atoms with van der Waals surface area (Å²) in [4.78, 5) is 10.2. The molecule has 0 aromatic carbocycles. The Kier molecular flexibility index (Phi) is 5.40. The molecule has 0 spiro atoms. The zero-order valence-electron chi connectivity index (χ0n) is 6.14. The number of hydrogen-bond donors (Lipinski definition) is 1. The number of halogens is 1. The largest absolute Gasteiger partial charge is 0.480 e. The fourth-order valence-corrected chi connectivity index (χ4v) is 0.851. The molecule has 0 saturated carbocycles. The van der Waals surface area contributed by atoms with Crippen LogP contribution in [-0.4, -0.2) is 16.5 Å². The lowest BCUT2D eigenvalue weighted by atomic mass is 10.1. The first-order valence-electron chi connectivity index (χ1n) is 3.55. The highest BCUT2D eigenvalue weighted by molar-refractivity contribution is 6.29. The van der Waals surface area contributed by atoms with Gasteiger partial charge in [0.2, 0.25) is 0 Å². The molecule has 0 rings (SSSR count). The van der Waals surface area contributed by atoms with Crippen molar-refractivity contribution in [3.8, 4) is 0 Å². The molecule has 1 atom stereocenters. The van der Waals surface area contributed by atoms with E-state index in [0.717, 1.165) is 19.3 Å². The van der Waals surface area contributed by atoms with Crippen LogP contribution in [0.15, 0.2) is 0 Å². The molecule has 0 radical (unpaired) electrons. The SMILES string of the molecule is CCCCCC(Cl)C(=O)O. The summed E-state index contributed by atoms with van der Waals surface area (Å²) in [6.07, 6.45) is 3.67. The Labute approximate surface area is 66.2 Å². The summed E-state index contributed by atoms with van der Waals surface area (Å²) < 4.78 is 0. The second kappa shape index (κ2) is 5.54. The lowest BCUT2D eigenvalue weighted by molar-refractivity contribution is -0.136. The van der Waals surface area contributed by atoms with Crippen molar-refractivity contribution in [2.45, 2.75) is 38.0 Å². The van der Waals surface area contributed by atoms with E-state index in [1.165, 1.54) is 0 Å². The Morgan fingerprint density at radius 1 is 1.60 bits per heavy atom. The van der Waals surface area contributed by atoms with Gasteiger partial charge in [0.15, 0.2) is 0 Å².